The fourth-order valence-electron chi connectivity index (χ4n) is 1.65. The van der Waals surface area contributed by atoms with Crippen LogP contribution in [-0.2, 0) is 14.3 Å². The highest BCUT2D eigenvalue weighted by atomic mass is 16.6. The largest absolute Gasteiger partial charge is 0.485 e. The lowest BCUT2D eigenvalue weighted by molar-refractivity contribution is -0.140. The lowest BCUT2D eigenvalue weighted by atomic mass is 10.2. The summed E-state index contributed by atoms with van der Waals surface area (Å²) in [7, 11) is 1.30. The first kappa shape index (κ1) is 13.2. The highest BCUT2D eigenvalue weighted by molar-refractivity contribution is 5.82. The van der Waals surface area contributed by atoms with Gasteiger partial charge in [-0.3, -0.25) is 9.59 Å². The van der Waals surface area contributed by atoms with Crippen molar-refractivity contribution in [2.75, 3.05) is 20.3 Å². The smallest absolute Gasteiger partial charge is 0.307 e. The maximum atomic E-state index is 11.8. The molecule has 0 fully saturated rings. The van der Waals surface area contributed by atoms with E-state index in [9.17, 15) is 9.59 Å². The minimum Gasteiger partial charge on any atom is -0.485 e. The van der Waals surface area contributed by atoms with Crippen molar-refractivity contribution in [1.82, 2.24) is 5.32 Å². The fraction of sp³-hybridized carbons (Fsp3) is 0.385. The molecular formula is C13H15NO5. The van der Waals surface area contributed by atoms with Gasteiger partial charge in [0.25, 0.3) is 5.91 Å². The van der Waals surface area contributed by atoms with Crippen molar-refractivity contribution in [3.8, 4) is 11.5 Å². The Hall–Kier alpha value is -2.24. The molecule has 0 saturated carbocycles. The van der Waals surface area contributed by atoms with Crippen molar-refractivity contribution < 1.29 is 23.8 Å². The molecule has 19 heavy (non-hydrogen) atoms. The predicted octanol–water partition coefficient (Wildman–Crippen LogP) is 0.506. The molecule has 1 heterocycles. The van der Waals surface area contributed by atoms with Gasteiger partial charge in [0.15, 0.2) is 11.5 Å². The third-order valence-corrected chi connectivity index (χ3v) is 2.66. The number of hydrogen-bond acceptors (Lipinski definition) is 5. The lowest BCUT2D eigenvalue weighted by Gasteiger charge is -2.25. The first-order valence-electron chi connectivity index (χ1n) is 5.93. The highest BCUT2D eigenvalue weighted by Gasteiger charge is 2.26. The number of methoxy groups -OCH3 is 1. The molecular weight excluding hydrogens is 250 g/mol. The highest BCUT2D eigenvalue weighted by Crippen LogP contribution is 2.30. The second-order valence-electron chi connectivity index (χ2n) is 3.98. The molecule has 1 aliphatic rings. The van der Waals surface area contributed by atoms with E-state index in [1.807, 2.05) is 6.07 Å². The Bertz CT molecular complexity index is 474. The van der Waals surface area contributed by atoms with E-state index in [4.69, 9.17) is 9.47 Å². The lowest BCUT2D eigenvalue weighted by Crippen LogP contribution is -2.44. The third-order valence-electron chi connectivity index (χ3n) is 2.66. The van der Waals surface area contributed by atoms with Crippen LogP contribution >= 0.6 is 0 Å². The molecule has 6 heteroatoms. The van der Waals surface area contributed by atoms with Crippen LogP contribution in [0.5, 0.6) is 11.5 Å². The fourth-order valence-corrected chi connectivity index (χ4v) is 1.65. The molecule has 0 aromatic heterocycles. The molecule has 0 aliphatic carbocycles. The molecule has 0 saturated heterocycles. The van der Waals surface area contributed by atoms with Crippen molar-refractivity contribution in [2.45, 2.75) is 12.5 Å². The Kier molecular flexibility index (Phi) is 4.22. The Labute approximate surface area is 110 Å². The summed E-state index contributed by atoms with van der Waals surface area (Å²) in [5.41, 5.74) is 0. The molecule has 1 atom stereocenters. The summed E-state index contributed by atoms with van der Waals surface area (Å²) in [5, 5.41) is 2.60. The minimum absolute atomic E-state index is 0.131. The van der Waals surface area contributed by atoms with Crippen LogP contribution in [0.4, 0.5) is 0 Å². The molecule has 0 bridgehead atoms. The zero-order valence-electron chi connectivity index (χ0n) is 10.5. The molecule has 2 rings (SSSR count). The second kappa shape index (κ2) is 6.08. The van der Waals surface area contributed by atoms with Gasteiger partial charge in [0.1, 0.15) is 6.61 Å². The van der Waals surface area contributed by atoms with E-state index in [1.165, 1.54) is 7.11 Å². The average Bonchev–Trinajstić information content (AvgIpc) is 2.46. The SMILES string of the molecule is COC(=O)CCNC(=O)C1COc2ccccc2O1. The van der Waals surface area contributed by atoms with Crippen LogP contribution in [0, 0.1) is 0 Å². The van der Waals surface area contributed by atoms with E-state index in [-0.39, 0.29) is 31.4 Å². The molecule has 1 aromatic carbocycles. The van der Waals surface area contributed by atoms with E-state index < -0.39 is 6.10 Å². The number of carbonyl (C=O) groups is 2. The van der Waals surface area contributed by atoms with Crippen LogP contribution in [-0.4, -0.2) is 38.2 Å². The molecule has 1 aromatic rings. The number of fused-ring (bicyclic) bond motifs is 1. The van der Waals surface area contributed by atoms with Crippen LogP contribution in [0.3, 0.4) is 0 Å². The summed E-state index contributed by atoms with van der Waals surface area (Å²) in [6, 6.07) is 7.16. The van der Waals surface area contributed by atoms with Gasteiger partial charge in [0.2, 0.25) is 6.10 Å². The van der Waals surface area contributed by atoms with E-state index in [2.05, 4.69) is 10.1 Å². The molecule has 102 valence electrons. The van der Waals surface area contributed by atoms with Crippen LogP contribution in [0.25, 0.3) is 0 Å². The van der Waals surface area contributed by atoms with Gasteiger partial charge >= 0.3 is 5.97 Å². The van der Waals surface area contributed by atoms with Crippen molar-refractivity contribution in [3.63, 3.8) is 0 Å². The number of amides is 1. The normalized spacial score (nSPS) is 16.6. The number of ether oxygens (including phenoxy) is 3. The topological polar surface area (TPSA) is 73.9 Å². The van der Waals surface area contributed by atoms with Gasteiger partial charge in [-0.15, -0.1) is 0 Å². The monoisotopic (exact) mass is 265 g/mol. The van der Waals surface area contributed by atoms with E-state index in [0.29, 0.717) is 11.5 Å². The van der Waals surface area contributed by atoms with Crippen molar-refractivity contribution in [2.24, 2.45) is 0 Å². The minimum atomic E-state index is -0.701. The summed E-state index contributed by atoms with van der Waals surface area (Å²) in [6.07, 6.45) is -0.570. The zero-order valence-corrected chi connectivity index (χ0v) is 10.5. The Morgan fingerprint density at radius 1 is 1.37 bits per heavy atom. The van der Waals surface area contributed by atoms with Crippen molar-refractivity contribution in [1.29, 1.82) is 0 Å². The maximum absolute atomic E-state index is 11.8. The van der Waals surface area contributed by atoms with Crippen LogP contribution < -0.4 is 14.8 Å². The third kappa shape index (κ3) is 3.37. The first-order valence-corrected chi connectivity index (χ1v) is 5.93. The molecule has 1 unspecified atom stereocenters. The number of para-hydroxylation sites is 2. The molecule has 1 aliphatic heterocycles. The van der Waals surface area contributed by atoms with Crippen LogP contribution in [0.1, 0.15) is 6.42 Å². The van der Waals surface area contributed by atoms with Crippen LogP contribution in [0.15, 0.2) is 24.3 Å². The average molecular weight is 265 g/mol. The zero-order chi connectivity index (χ0) is 13.7. The number of esters is 1. The molecule has 1 N–H and O–H groups in total. The number of nitrogens with one attached hydrogen (secondary N) is 1. The standard InChI is InChI=1S/C13H15NO5/c1-17-12(15)6-7-14-13(16)11-8-18-9-4-2-3-5-10(9)19-11/h2-5,11H,6-8H2,1H3,(H,14,16). The van der Waals surface area contributed by atoms with Crippen LogP contribution in [0.2, 0.25) is 0 Å². The van der Waals surface area contributed by atoms with Gasteiger partial charge in [-0.2, -0.15) is 0 Å². The maximum Gasteiger partial charge on any atom is 0.307 e. The Morgan fingerprint density at radius 3 is 2.84 bits per heavy atom. The van der Waals surface area contributed by atoms with Gasteiger partial charge < -0.3 is 19.5 Å². The summed E-state index contributed by atoms with van der Waals surface area (Å²) in [5.74, 6) is 0.493. The van der Waals surface area contributed by atoms with Gasteiger partial charge in [-0.05, 0) is 12.1 Å². The summed E-state index contributed by atoms with van der Waals surface area (Å²) in [6.45, 7) is 0.369. The molecule has 6 nitrogen and oxygen atoms in total. The number of hydrogen-bond donors (Lipinski definition) is 1. The number of benzene rings is 1. The summed E-state index contributed by atoms with van der Waals surface area (Å²) < 4.78 is 15.4. The van der Waals surface area contributed by atoms with Gasteiger partial charge in [0.05, 0.1) is 13.5 Å². The summed E-state index contributed by atoms with van der Waals surface area (Å²) >= 11 is 0. The van der Waals surface area contributed by atoms with E-state index in [1.54, 1.807) is 18.2 Å². The molecule has 0 spiro atoms. The first-order chi connectivity index (χ1) is 9.20. The van der Waals surface area contributed by atoms with Crippen molar-refractivity contribution in [3.05, 3.63) is 24.3 Å². The number of carbonyl (C=O) groups excluding carboxylic acids is 2. The predicted molar refractivity (Wildman–Crippen MR) is 66.0 cm³/mol. The summed E-state index contributed by atoms with van der Waals surface area (Å²) in [4.78, 5) is 22.7. The Morgan fingerprint density at radius 2 is 2.11 bits per heavy atom. The van der Waals surface area contributed by atoms with Gasteiger partial charge in [-0.1, -0.05) is 12.1 Å². The van der Waals surface area contributed by atoms with Gasteiger partial charge in [0, 0.05) is 6.54 Å². The van der Waals surface area contributed by atoms with Gasteiger partial charge in [-0.25, -0.2) is 0 Å². The number of rotatable bonds is 4. The van der Waals surface area contributed by atoms with E-state index in [0.717, 1.165) is 0 Å². The quantitative estimate of drug-likeness (QED) is 0.803. The second-order valence-corrected chi connectivity index (χ2v) is 3.98. The Balaban J connectivity index is 1.83. The van der Waals surface area contributed by atoms with Crippen molar-refractivity contribution >= 4 is 11.9 Å². The van der Waals surface area contributed by atoms with E-state index >= 15 is 0 Å². The molecule has 1 amide bonds. The molecule has 0 radical (unpaired) electrons.